The molecule has 5 rings (SSSR count). The fourth-order valence-corrected chi connectivity index (χ4v) is 4.57. The second-order valence-electron chi connectivity index (χ2n) is 9.00. The van der Waals surface area contributed by atoms with Crippen molar-refractivity contribution in [3.05, 3.63) is 96.3 Å². The number of amides is 2. The molecule has 0 saturated heterocycles. The number of aryl methyl sites for hydroxylation is 1. The van der Waals surface area contributed by atoms with Gasteiger partial charge in [-0.05, 0) is 54.4 Å². The third-order valence-electron chi connectivity index (χ3n) is 5.91. The number of nitrogens with zero attached hydrogens (tertiary/aromatic N) is 5. The molecule has 202 valence electrons. The van der Waals surface area contributed by atoms with Crippen LogP contribution in [0.25, 0.3) is 22.8 Å². The first-order valence-electron chi connectivity index (χ1n) is 12.0. The number of rotatable bonds is 7. The Hall–Kier alpha value is -5.17. The number of pyridine rings is 1. The smallest absolute Gasteiger partial charge is 0.332 e. The van der Waals surface area contributed by atoms with Crippen molar-refractivity contribution in [2.24, 2.45) is 0 Å². The first-order valence-corrected chi connectivity index (χ1v) is 13.9. The summed E-state index contributed by atoms with van der Waals surface area (Å²) in [5.74, 6) is 0.0716. The maximum atomic E-state index is 12.9. The van der Waals surface area contributed by atoms with E-state index in [2.05, 4.69) is 35.3 Å². The number of hydrogen-bond donors (Lipinski definition) is 3. The summed E-state index contributed by atoms with van der Waals surface area (Å²) in [7, 11) is -3.40. The van der Waals surface area contributed by atoms with Crippen molar-refractivity contribution in [3.63, 3.8) is 0 Å². The van der Waals surface area contributed by atoms with Gasteiger partial charge in [-0.3, -0.25) is 14.5 Å². The van der Waals surface area contributed by atoms with E-state index in [1.54, 1.807) is 48.5 Å². The quantitative estimate of drug-likeness (QED) is 0.274. The molecular weight excluding hydrogens is 532 g/mol. The first-order chi connectivity index (χ1) is 19.2. The van der Waals surface area contributed by atoms with E-state index in [9.17, 15) is 18.0 Å². The molecule has 0 fully saturated rings. The van der Waals surface area contributed by atoms with E-state index < -0.39 is 16.1 Å². The Kier molecular flexibility index (Phi) is 7.21. The summed E-state index contributed by atoms with van der Waals surface area (Å²) in [6.07, 6.45) is 6.82. The lowest BCUT2D eigenvalue weighted by molar-refractivity contribution is 0.0950. The monoisotopic (exact) mass is 556 g/mol. The number of imidazole rings is 1. The van der Waals surface area contributed by atoms with Gasteiger partial charge in [-0.1, -0.05) is 18.2 Å². The van der Waals surface area contributed by atoms with Gasteiger partial charge in [0.15, 0.2) is 5.82 Å². The Labute approximate surface area is 229 Å². The molecule has 3 N–H and O–H groups in total. The standard InChI is InChI=1S/C27H24N8O4S/c1-17-6-8-20(33-27(37)35-16-28-14-24-25(35)32-15-31-24)11-22(17)23-9-7-19(13-29-23)26(36)30-12-18-4-3-5-21(10-18)34-40(2,38)39/h3-11,13-16,34H,12H2,1-2H3,(H,30,36)(H,33,37). The van der Waals surface area contributed by atoms with Crippen molar-refractivity contribution in [3.8, 4) is 22.8 Å². The highest BCUT2D eigenvalue weighted by molar-refractivity contribution is 7.92. The number of anilines is 2. The lowest BCUT2D eigenvalue weighted by atomic mass is 10.0. The van der Waals surface area contributed by atoms with E-state index in [0.717, 1.165) is 22.9 Å². The van der Waals surface area contributed by atoms with Crippen LogP contribution in [0.15, 0.2) is 79.6 Å². The number of carbonyl (C=O) groups is 2. The third-order valence-corrected chi connectivity index (χ3v) is 6.51. The van der Waals surface area contributed by atoms with Crippen molar-refractivity contribution in [2.75, 3.05) is 16.3 Å². The largest absolute Gasteiger partial charge is 0.348 e. The number of hydrogen-bond acceptors (Lipinski definition) is 8. The van der Waals surface area contributed by atoms with Gasteiger partial charge in [0.1, 0.15) is 18.3 Å². The van der Waals surface area contributed by atoms with E-state index in [1.807, 2.05) is 13.0 Å². The highest BCUT2D eigenvalue weighted by Gasteiger charge is 2.16. The number of fused-ring (bicyclic) bond motifs is 1. The molecule has 40 heavy (non-hydrogen) atoms. The van der Waals surface area contributed by atoms with Gasteiger partial charge >= 0.3 is 6.03 Å². The normalized spacial score (nSPS) is 11.2. The van der Waals surface area contributed by atoms with Gasteiger partial charge in [-0.2, -0.15) is 0 Å². The maximum absolute atomic E-state index is 12.9. The molecule has 3 aromatic rings. The summed E-state index contributed by atoms with van der Waals surface area (Å²) in [6, 6.07) is 15.2. The van der Waals surface area contributed by atoms with Gasteiger partial charge < -0.3 is 10.6 Å². The molecule has 0 spiro atoms. The number of sulfonamides is 1. The third kappa shape index (κ3) is 6.10. The Bertz CT molecular complexity index is 1780. The van der Waals surface area contributed by atoms with Crippen LogP contribution in [0.1, 0.15) is 21.5 Å². The van der Waals surface area contributed by atoms with E-state index in [0.29, 0.717) is 34.2 Å². The number of carbonyl (C=O) groups excluding carboxylic acids is 2. The molecule has 0 aliphatic carbocycles. The van der Waals surface area contributed by atoms with Crippen LogP contribution in [0.3, 0.4) is 0 Å². The van der Waals surface area contributed by atoms with Gasteiger partial charge in [0, 0.05) is 29.7 Å². The zero-order chi connectivity index (χ0) is 28.3. The van der Waals surface area contributed by atoms with Crippen molar-refractivity contribution in [1.29, 1.82) is 0 Å². The number of benzene rings is 2. The van der Waals surface area contributed by atoms with E-state index in [-0.39, 0.29) is 12.5 Å². The molecule has 0 unspecified atom stereocenters. The van der Waals surface area contributed by atoms with Crippen LogP contribution in [0.2, 0.25) is 0 Å². The minimum Gasteiger partial charge on any atom is -0.348 e. The summed E-state index contributed by atoms with van der Waals surface area (Å²) >= 11 is 0. The summed E-state index contributed by atoms with van der Waals surface area (Å²) in [5, 5.41) is 5.65. The average molecular weight is 557 g/mol. The number of nitrogens with one attached hydrogen (secondary N) is 3. The lowest BCUT2D eigenvalue weighted by Crippen LogP contribution is -2.23. The van der Waals surface area contributed by atoms with Crippen LogP contribution in [0.5, 0.6) is 0 Å². The molecule has 2 aliphatic heterocycles. The summed E-state index contributed by atoms with van der Waals surface area (Å²) < 4.78 is 26.6. The van der Waals surface area contributed by atoms with Gasteiger partial charge in [-0.15, -0.1) is 0 Å². The first kappa shape index (κ1) is 26.4. The molecule has 2 amide bonds. The fourth-order valence-electron chi connectivity index (χ4n) is 4.01. The molecule has 0 radical (unpaired) electrons. The molecule has 0 atom stereocenters. The van der Waals surface area contributed by atoms with E-state index >= 15 is 0 Å². The predicted molar refractivity (Wildman–Crippen MR) is 149 cm³/mol. The van der Waals surface area contributed by atoms with Gasteiger partial charge in [-0.25, -0.2) is 32.7 Å². The van der Waals surface area contributed by atoms with Crippen LogP contribution < -0.4 is 15.4 Å². The fraction of sp³-hybridized carbons (Fsp3) is 0.111. The van der Waals surface area contributed by atoms with Gasteiger partial charge in [0.05, 0.1) is 23.7 Å². The summed E-state index contributed by atoms with van der Waals surface area (Å²) in [6.45, 7) is 2.13. The van der Waals surface area contributed by atoms with E-state index in [4.69, 9.17) is 0 Å². The minimum absolute atomic E-state index is 0.207. The van der Waals surface area contributed by atoms with Crippen molar-refractivity contribution in [1.82, 2.24) is 29.8 Å². The zero-order valence-corrected chi connectivity index (χ0v) is 22.3. The van der Waals surface area contributed by atoms with Crippen LogP contribution in [-0.2, 0) is 16.6 Å². The van der Waals surface area contributed by atoms with Crippen molar-refractivity contribution in [2.45, 2.75) is 13.5 Å². The molecule has 0 bridgehead atoms. The van der Waals surface area contributed by atoms with Gasteiger partial charge in [0.25, 0.3) is 5.91 Å². The Morgan fingerprint density at radius 1 is 0.925 bits per heavy atom. The molecule has 2 aliphatic rings. The highest BCUT2D eigenvalue weighted by atomic mass is 32.2. The molecule has 0 saturated carbocycles. The average Bonchev–Trinajstić information content (AvgIpc) is 3.41. The summed E-state index contributed by atoms with van der Waals surface area (Å²) in [4.78, 5) is 42.3. The summed E-state index contributed by atoms with van der Waals surface area (Å²) in [5.41, 5.74) is 4.92. The molecule has 3 heterocycles. The van der Waals surface area contributed by atoms with Crippen molar-refractivity contribution >= 4 is 33.3 Å². The molecule has 12 nitrogen and oxygen atoms in total. The van der Waals surface area contributed by atoms with Crippen molar-refractivity contribution < 1.29 is 18.0 Å². The molecule has 1 aromatic heterocycles. The second kappa shape index (κ2) is 10.9. The molecular formula is C27H24N8O4S. The topological polar surface area (TPSA) is 161 Å². The Morgan fingerprint density at radius 3 is 2.55 bits per heavy atom. The minimum atomic E-state index is -3.40. The van der Waals surface area contributed by atoms with E-state index in [1.165, 1.54) is 29.6 Å². The highest BCUT2D eigenvalue weighted by Crippen LogP contribution is 2.26. The lowest BCUT2D eigenvalue weighted by Gasteiger charge is -2.13. The Balaban J connectivity index is 1.26. The van der Waals surface area contributed by atoms with Crippen LogP contribution in [0.4, 0.5) is 16.2 Å². The Morgan fingerprint density at radius 2 is 1.77 bits per heavy atom. The van der Waals surface area contributed by atoms with Crippen LogP contribution in [-0.4, -0.2) is 51.1 Å². The maximum Gasteiger partial charge on any atom is 0.332 e. The van der Waals surface area contributed by atoms with Crippen LogP contribution >= 0.6 is 0 Å². The second-order valence-corrected chi connectivity index (χ2v) is 10.7. The van der Waals surface area contributed by atoms with Crippen LogP contribution in [0, 0.1) is 6.92 Å². The molecule has 13 heteroatoms. The zero-order valence-electron chi connectivity index (χ0n) is 21.5. The SMILES string of the molecule is Cc1ccc(NC(=O)n2cncc3ncnc2-3)cc1-c1ccc(C(=O)NCc2cccc(NS(C)(=O)=O)c2)cn1. The predicted octanol–water partition coefficient (Wildman–Crippen LogP) is 3.53. The number of aromatic nitrogens is 5. The molecule has 2 aromatic carbocycles. The van der Waals surface area contributed by atoms with Gasteiger partial charge in [0.2, 0.25) is 10.0 Å².